The molecule has 1 aromatic heterocycles. The van der Waals surface area contributed by atoms with Crippen molar-refractivity contribution in [2.75, 3.05) is 11.1 Å². The fourth-order valence-electron chi connectivity index (χ4n) is 1.53. The first kappa shape index (κ1) is 15.5. The van der Waals surface area contributed by atoms with Crippen molar-refractivity contribution in [3.8, 4) is 0 Å². The molecule has 22 heavy (non-hydrogen) atoms. The van der Waals surface area contributed by atoms with Gasteiger partial charge in [0.15, 0.2) is 0 Å². The predicted octanol–water partition coefficient (Wildman–Crippen LogP) is 1.47. The number of halogens is 2. The molecule has 0 spiro atoms. The lowest BCUT2D eigenvalue weighted by Crippen LogP contribution is -2.05. The van der Waals surface area contributed by atoms with Crippen LogP contribution in [-0.2, 0) is 10.1 Å². The van der Waals surface area contributed by atoms with Gasteiger partial charge in [-0.3, -0.25) is 0 Å². The fraction of sp³-hybridized carbons (Fsp3) is 0. The second kappa shape index (κ2) is 5.47. The molecule has 0 fully saturated rings. The van der Waals surface area contributed by atoms with Gasteiger partial charge >= 0.3 is 11.9 Å². The molecule has 2 rings (SSSR count). The van der Waals surface area contributed by atoms with Crippen molar-refractivity contribution < 1.29 is 21.8 Å². The second-order valence-corrected chi connectivity index (χ2v) is 5.26. The highest BCUT2D eigenvalue weighted by molar-refractivity contribution is 7.86. The van der Waals surface area contributed by atoms with E-state index in [0.717, 1.165) is 18.2 Å². The number of benzene rings is 1. The summed E-state index contributed by atoms with van der Waals surface area (Å²) in [4.78, 5) is 8.15. The maximum absolute atomic E-state index is 13.5. The molecule has 114 valence electrons. The molecular weight excluding hydrogens is 322 g/mol. The Labute approximate surface area is 122 Å². The molecule has 1 heterocycles. The van der Waals surface area contributed by atoms with E-state index in [0.29, 0.717) is 0 Å². The molecule has 0 amide bonds. The molecule has 0 aliphatic heterocycles. The molecule has 12 heteroatoms. The zero-order valence-electron chi connectivity index (χ0n) is 10.5. The van der Waals surface area contributed by atoms with Gasteiger partial charge in [-0.15, -0.1) is 0 Å². The van der Waals surface area contributed by atoms with Crippen LogP contribution in [0.1, 0.15) is 0 Å². The van der Waals surface area contributed by atoms with Gasteiger partial charge in [-0.25, -0.2) is 8.42 Å². The summed E-state index contributed by atoms with van der Waals surface area (Å²) >= 11 is 0. The lowest BCUT2D eigenvalue weighted by molar-refractivity contribution is 0.463. The minimum Gasteiger partial charge on any atom is -0.744 e. The summed E-state index contributed by atoms with van der Waals surface area (Å²) in [5, 5.41) is 10.8. The number of hydrogen-bond donors (Lipinski definition) is 2. The number of nitrogens with two attached hydrogens (primary N) is 1. The quantitative estimate of drug-likeness (QED) is 0.372. The molecular formula is C10H6F2N6O3S. The molecule has 0 unspecified atom stereocenters. The highest BCUT2D eigenvalue weighted by Crippen LogP contribution is 2.26. The van der Waals surface area contributed by atoms with Gasteiger partial charge in [-0.2, -0.15) is 8.78 Å². The summed E-state index contributed by atoms with van der Waals surface area (Å²) in [5.74, 6) is -4.41. The molecule has 0 atom stereocenters. The zero-order chi connectivity index (χ0) is 16.5. The average molecular weight is 328 g/mol. The first-order chi connectivity index (χ1) is 10.2. The van der Waals surface area contributed by atoms with Crippen LogP contribution in [0.15, 0.2) is 23.1 Å². The lowest BCUT2D eigenvalue weighted by atomic mass is 10.3. The van der Waals surface area contributed by atoms with Crippen molar-refractivity contribution >= 4 is 33.3 Å². The summed E-state index contributed by atoms with van der Waals surface area (Å²) in [7, 11) is -4.76. The number of anilines is 3. The van der Waals surface area contributed by atoms with E-state index in [1.165, 1.54) is 0 Å². The normalized spacial score (nSPS) is 11.0. The highest BCUT2D eigenvalue weighted by Gasteiger charge is 2.24. The van der Waals surface area contributed by atoms with Crippen LogP contribution >= 0.6 is 0 Å². The largest absolute Gasteiger partial charge is 0.744 e. The summed E-state index contributed by atoms with van der Waals surface area (Å²) in [6, 6.07) is 3.00. The van der Waals surface area contributed by atoms with Crippen LogP contribution in [0.25, 0.3) is 4.98 Å². The van der Waals surface area contributed by atoms with Gasteiger partial charge in [0.1, 0.15) is 10.1 Å². The second-order valence-electron chi connectivity index (χ2n) is 3.91. The number of aromatic nitrogens is 2. The third-order valence-electron chi connectivity index (χ3n) is 2.43. The van der Waals surface area contributed by atoms with Gasteiger partial charge < -0.3 is 15.6 Å². The van der Waals surface area contributed by atoms with Crippen LogP contribution in [0.5, 0.6) is 0 Å². The molecule has 0 aliphatic carbocycles. The van der Waals surface area contributed by atoms with E-state index in [9.17, 15) is 21.8 Å². The van der Waals surface area contributed by atoms with Crippen LogP contribution < -0.4 is 11.1 Å². The summed E-state index contributed by atoms with van der Waals surface area (Å²) < 4.78 is 59.3. The van der Waals surface area contributed by atoms with Crippen LogP contribution in [-0.4, -0.2) is 22.9 Å². The Balaban J connectivity index is 2.43. The molecule has 0 aliphatic rings. The summed E-state index contributed by atoms with van der Waals surface area (Å²) in [5.41, 5.74) is 5.04. The van der Waals surface area contributed by atoms with E-state index < -0.39 is 38.5 Å². The van der Waals surface area contributed by atoms with Crippen molar-refractivity contribution in [2.24, 2.45) is 0 Å². The van der Waals surface area contributed by atoms with Gasteiger partial charge in [0, 0.05) is 5.69 Å². The van der Waals surface area contributed by atoms with Crippen molar-refractivity contribution in [1.82, 2.24) is 9.97 Å². The van der Waals surface area contributed by atoms with Gasteiger partial charge in [0.05, 0.1) is 16.0 Å². The third kappa shape index (κ3) is 3.05. The van der Waals surface area contributed by atoms with E-state index >= 15 is 0 Å². The van der Waals surface area contributed by atoms with Crippen molar-refractivity contribution in [2.45, 2.75) is 4.90 Å². The van der Waals surface area contributed by atoms with Crippen molar-refractivity contribution in [3.05, 3.63) is 34.9 Å². The molecule has 0 saturated heterocycles. The first-order valence-corrected chi connectivity index (χ1v) is 6.84. The highest BCUT2D eigenvalue weighted by atomic mass is 32.2. The Hall–Kier alpha value is -2.91. The number of hydrogen-bond acceptors (Lipinski definition) is 8. The monoisotopic (exact) mass is 328 g/mol. The standard InChI is InChI=1S/C10H6F2N6O3S/c11-7-8(12)16-10(18-14)17-9(7)15-4-1-2-6(5(13)3-4)22(19,20)21/h1-3H,13H2,(H-,15,16,17,19,20,21). The number of nitrogens with zero attached hydrogens (tertiary/aromatic N) is 4. The van der Waals surface area contributed by atoms with Crippen LogP contribution in [0, 0.1) is 17.2 Å². The molecule has 2 aromatic rings. The maximum Gasteiger partial charge on any atom is 0.566 e. The number of nitrogen functional groups attached to an aromatic ring is 1. The predicted molar refractivity (Wildman–Crippen MR) is 68.8 cm³/mol. The summed E-state index contributed by atoms with van der Waals surface area (Å²) in [6.45, 7) is 0. The first-order valence-electron chi connectivity index (χ1n) is 5.43. The molecule has 9 nitrogen and oxygen atoms in total. The molecule has 0 bridgehead atoms. The number of diazo groups is 1. The minimum absolute atomic E-state index is 0.0192. The number of rotatable bonds is 3. The van der Waals surface area contributed by atoms with E-state index in [1.807, 2.05) is 0 Å². The Kier molecular flexibility index (Phi) is 3.85. The van der Waals surface area contributed by atoms with E-state index in [2.05, 4.69) is 20.3 Å². The van der Waals surface area contributed by atoms with E-state index in [1.54, 1.807) is 0 Å². The Bertz CT molecular complexity index is 896. The molecule has 0 saturated carbocycles. The van der Waals surface area contributed by atoms with Gasteiger partial charge in [-0.05, 0) is 33.1 Å². The SMILES string of the molecule is N#[N+]c1nc(F)c(F)c(Nc2ccc(S(=O)(=O)[O-])c(N)c2)n1. The number of nitrogens with one attached hydrogen (secondary N) is 1. The topological polar surface area (TPSA) is 149 Å². The minimum atomic E-state index is -4.76. The fourth-order valence-corrected chi connectivity index (χ4v) is 2.11. The maximum atomic E-state index is 13.5. The Morgan fingerprint density at radius 3 is 2.55 bits per heavy atom. The van der Waals surface area contributed by atoms with Crippen LogP contribution in [0.3, 0.4) is 0 Å². The van der Waals surface area contributed by atoms with Crippen LogP contribution in [0.2, 0.25) is 0 Å². The van der Waals surface area contributed by atoms with E-state index in [4.69, 9.17) is 11.1 Å². The molecule has 0 radical (unpaired) electrons. The Morgan fingerprint density at radius 1 is 1.32 bits per heavy atom. The third-order valence-corrected chi connectivity index (χ3v) is 3.34. The molecule has 3 N–H and O–H groups in total. The lowest BCUT2D eigenvalue weighted by Gasteiger charge is -2.11. The van der Waals surface area contributed by atoms with E-state index in [-0.39, 0.29) is 11.4 Å². The van der Waals surface area contributed by atoms with Crippen LogP contribution in [0.4, 0.5) is 31.9 Å². The Morgan fingerprint density at radius 2 is 2.00 bits per heavy atom. The van der Waals surface area contributed by atoms with Gasteiger partial charge in [0.25, 0.3) is 11.6 Å². The van der Waals surface area contributed by atoms with Gasteiger partial charge in [0.2, 0.25) is 0 Å². The zero-order valence-corrected chi connectivity index (χ0v) is 11.3. The van der Waals surface area contributed by atoms with Crippen molar-refractivity contribution in [1.29, 1.82) is 5.39 Å². The van der Waals surface area contributed by atoms with Crippen molar-refractivity contribution in [3.63, 3.8) is 0 Å². The smallest absolute Gasteiger partial charge is 0.566 e. The summed E-state index contributed by atoms with van der Waals surface area (Å²) in [6.07, 6.45) is 0. The van der Waals surface area contributed by atoms with Gasteiger partial charge in [-0.1, -0.05) is 0 Å². The average Bonchev–Trinajstić information content (AvgIpc) is 2.42. The molecule has 1 aromatic carbocycles.